The minimum absolute atomic E-state index is 0.531. The summed E-state index contributed by atoms with van der Waals surface area (Å²) in [7, 11) is 0. The van der Waals surface area contributed by atoms with Gasteiger partial charge in [0.05, 0.1) is 0 Å². The van der Waals surface area contributed by atoms with E-state index in [-0.39, 0.29) is 0 Å². The van der Waals surface area contributed by atoms with Crippen LogP contribution in [0.15, 0.2) is 0 Å². The lowest BCUT2D eigenvalue weighted by molar-refractivity contribution is 0.319. The highest BCUT2D eigenvalue weighted by Gasteiger charge is 2.28. The molecule has 0 bridgehead atoms. The van der Waals surface area contributed by atoms with Gasteiger partial charge in [0, 0.05) is 23.6 Å². The molecule has 1 saturated heterocycles. The highest BCUT2D eigenvalue weighted by molar-refractivity contribution is 7.99. The zero-order valence-electron chi connectivity index (χ0n) is 9.80. The van der Waals surface area contributed by atoms with E-state index >= 15 is 0 Å². The van der Waals surface area contributed by atoms with Gasteiger partial charge in [-0.1, -0.05) is 20.8 Å². The first-order valence-corrected chi connectivity index (χ1v) is 7.82. The lowest BCUT2D eigenvalue weighted by atomic mass is 9.88. The Bertz CT molecular complexity index is 171. The van der Waals surface area contributed by atoms with E-state index in [1.54, 1.807) is 0 Å². The molecule has 2 atom stereocenters. The second-order valence-corrected chi connectivity index (χ2v) is 7.34. The number of nitrogens with one attached hydrogen (secondary N) is 1. The van der Waals surface area contributed by atoms with Gasteiger partial charge in [-0.2, -0.15) is 23.5 Å². The van der Waals surface area contributed by atoms with Gasteiger partial charge >= 0.3 is 0 Å². The second-order valence-electron chi connectivity index (χ2n) is 5.03. The van der Waals surface area contributed by atoms with Crippen molar-refractivity contribution in [1.82, 2.24) is 5.32 Å². The quantitative estimate of drug-likeness (QED) is 0.802. The van der Waals surface area contributed by atoms with Crippen LogP contribution in [0, 0.1) is 5.41 Å². The molecule has 1 aliphatic heterocycles. The number of rotatable bonds is 4. The van der Waals surface area contributed by atoms with Crippen LogP contribution in [-0.2, 0) is 0 Å². The molecular formula is C11H23NS2. The van der Waals surface area contributed by atoms with Crippen molar-refractivity contribution in [3.05, 3.63) is 0 Å². The molecule has 1 aliphatic rings. The van der Waals surface area contributed by atoms with E-state index in [1.807, 2.05) is 11.8 Å². The smallest absolute Gasteiger partial charge is 0.0164 e. The van der Waals surface area contributed by atoms with E-state index in [9.17, 15) is 0 Å². The summed E-state index contributed by atoms with van der Waals surface area (Å²) in [5, 5.41) is 4.43. The molecule has 1 heterocycles. The Morgan fingerprint density at radius 1 is 1.57 bits per heavy atom. The van der Waals surface area contributed by atoms with E-state index in [2.05, 4.69) is 44.1 Å². The Balaban J connectivity index is 2.24. The third-order valence-electron chi connectivity index (χ3n) is 2.71. The third-order valence-corrected chi connectivity index (χ3v) is 5.30. The van der Waals surface area contributed by atoms with Crippen LogP contribution in [0.2, 0.25) is 0 Å². The molecule has 0 spiro atoms. The Morgan fingerprint density at radius 3 is 2.86 bits per heavy atom. The van der Waals surface area contributed by atoms with E-state index in [0.717, 1.165) is 17.8 Å². The summed E-state index contributed by atoms with van der Waals surface area (Å²) in [6.45, 7) is 8.21. The van der Waals surface area contributed by atoms with Gasteiger partial charge in [0.2, 0.25) is 0 Å². The van der Waals surface area contributed by atoms with Crippen molar-refractivity contribution in [2.75, 3.05) is 24.3 Å². The number of thioether (sulfide) groups is 2. The van der Waals surface area contributed by atoms with Crippen molar-refractivity contribution in [3.8, 4) is 0 Å². The minimum atomic E-state index is 0.531. The monoisotopic (exact) mass is 233 g/mol. The molecule has 1 fully saturated rings. The zero-order valence-corrected chi connectivity index (χ0v) is 11.4. The predicted molar refractivity (Wildman–Crippen MR) is 70.5 cm³/mol. The van der Waals surface area contributed by atoms with E-state index in [1.165, 1.54) is 17.9 Å². The second kappa shape index (κ2) is 5.66. The number of hydrogen-bond donors (Lipinski definition) is 1. The van der Waals surface area contributed by atoms with Crippen LogP contribution in [-0.4, -0.2) is 35.6 Å². The van der Waals surface area contributed by atoms with Gasteiger partial charge in [-0.3, -0.25) is 0 Å². The van der Waals surface area contributed by atoms with Gasteiger partial charge in [-0.25, -0.2) is 0 Å². The van der Waals surface area contributed by atoms with Crippen LogP contribution >= 0.6 is 23.5 Å². The first kappa shape index (κ1) is 12.7. The van der Waals surface area contributed by atoms with Crippen LogP contribution in [0.4, 0.5) is 0 Å². The molecule has 0 aliphatic carbocycles. The molecule has 1 N–H and O–H groups in total. The standard InChI is InChI=1S/C11H23NS2/c1-9(13-4)6-12-10-5-11(2,3)8-14-7-10/h9-10,12H,5-8H2,1-4H3. The lowest BCUT2D eigenvalue weighted by Gasteiger charge is -2.35. The first-order valence-electron chi connectivity index (χ1n) is 5.37. The zero-order chi connectivity index (χ0) is 10.6. The van der Waals surface area contributed by atoms with Gasteiger partial charge in [0.15, 0.2) is 0 Å². The fourth-order valence-corrected chi connectivity index (χ4v) is 3.38. The van der Waals surface area contributed by atoms with Crippen LogP contribution < -0.4 is 5.32 Å². The maximum absolute atomic E-state index is 3.69. The summed E-state index contributed by atoms with van der Waals surface area (Å²) in [6.07, 6.45) is 3.52. The van der Waals surface area contributed by atoms with Crippen molar-refractivity contribution in [2.24, 2.45) is 5.41 Å². The van der Waals surface area contributed by atoms with Crippen LogP contribution in [0.1, 0.15) is 27.2 Å². The molecule has 2 unspecified atom stereocenters. The SMILES string of the molecule is CSC(C)CNC1CSCC(C)(C)C1. The maximum atomic E-state index is 3.69. The minimum Gasteiger partial charge on any atom is -0.312 e. The molecule has 0 radical (unpaired) electrons. The normalized spacial score (nSPS) is 28.7. The van der Waals surface area contributed by atoms with Crippen LogP contribution in [0.3, 0.4) is 0 Å². The van der Waals surface area contributed by atoms with Crippen molar-refractivity contribution >= 4 is 23.5 Å². The maximum Gasteiger partial charge on any atom is 0.0164 e. The molecule has 1 rings (SSSR count). The molecule has 14 heavy (non-hydrogen) atoms. The van der Waals surface area contributed by atoms with Crippen molar-refractivity contribution in [1.29, 1.82) is 0 Å². The fourth-order valence-electron chi connectivity index (χ4n) is 1.81. The molecule has 0 aromatic rings. The molecule has 84 valence electrons. The molecule has 0 aromatic carbocycles. The van der Waals surface area contributed by atoms with E-state index in [0.29, 0.717) is 5.41 Å². The Hall–Kier alpha value is 0.660. The Kier molecular flexibility index (Phi) is 5.15. The molecule has 0 saturated carbocycles. The summed E-state index contributed by atoms with van der Waals surface area (Å²) < 4.78 is 0. The lowest BCUT2D eigenvalue weighted by Crippen LogP contribution is -2.42. The summed E-state index contributed by atoms with van der Waals surface area (Å²) in [5.41, 5.74) is 0.531. The summed E-state index contributed by atoms with van der Waals surface area (Å²) in [5.74, 6) is 2.62. The topological polar surface area (TPSA) is 12.0 Å². The average Bonchev–Trinajstić information content (AvgIpc) is 2.12. The van der Waals surface area contributed by atoms with E-state index < -0.39 is 0 Å². The van der Waals surface area contributed by atoms with Crippen molar-refractivity contribution in [3.63, 3.8) is 0 Å². The summed E-state index contributed by atoms with van der Waals surface area (Å²) in [6, 6.07) is 0.735. The molecule has 3 heteroatoms. The van der Waals surface area contributed by atoms with Gasteiger partial charge in [0.25, 0.3) is 0 Å². The van der Waals surface area contributed by atoms with Gasteiger partial charge in [0.1, 0.15) is 0 Å². The average molecular weight is 233 g/mol. The highest BCUT2D eigenvalue weighted by atomic mass is 32.2. The van der Waals surface area contributed by atoms with E-state index in [4.69, 9.17) is 0 Å². The summed E-state index contributed by atoms with van der Waals surface area (Å²) >= 11 is 4.04. The largest absolute Gasteiger partial charge is 0.312 e. The first-order chi connectivity index (χ1) is 6.53. The number of hydrogen-bond acceptors (Lipinski definition) is 3. The van der Waals surface area contributed by atoms with Crippen molar-refractivity contribution in [2.45, 2.75) is 38.5 Å². The Labute approximate surface area is 97.2 Å². The molecule has 0 amide bonds. The van der Waals surface area contributed by atoms with Gasteiger partial charge in [-0.05, 0) is 23.8 Å². The van der Waals surface area contributed by atoms with Gasteiger partial charge < -0.3 is 5.32 Å². The molecule has 1 nitrogen and oxygen atoms in total. The van der Waals surface area contributed by atoms with Crippen LogP contribution in [0.25, 0.3) is 0 Å². The molecular weight excluding hydrogens is 210 g/mol. The Morgan fingerprint density at radius 2 is 2.29 bits per heavy atom. The third kappa shape index (κ3) is 4.45. The van der Waals surface area contributed by atoms with Crippen LogP contribution in [0.5, 0.6) is 0 Å². The summed E-state index contributed by atoms with van der Waals surface area (Å²) in [4.78, 5) is 0. The highest BCUT2D eigenvalue weighted by Crippen LogP contribution is 2.33. The predicted octanol–water partition coefficient (Wildman–Crippen LogP) is 2.86. The van der Waals surface area contributed by atoms with Crippen molar-refractivity contribution < 1.29 is 0 Å². The van der Waals surface area contributed by atoms with Gasteiger partial charge in [-0.15, -0.1) is 0 Å². The molecule has 0 aromatic heterocycles. The fraction of sp³-hybridized carbons (Fsp3) is 1.00.